The van der Waals surface area contributed by atoms with Gasteiger partial charge in [-0.2, -0.15) is 10.1 Å². The Morgan fingerprint density at radius 1 is 1.55 bits per heavy atom. The van der Waals surface area contributed by atoms with Gasteiger partial charge in [0.05, 0.1) is 5.69 Å². The summed E-state index contributed by atoms with van der Waals surface area (Å²) in [6.45, 7) is 2.01. The Balaban J connectivity index is 1.97. The van der Waals surface area contributed by atoms with Gasteiger partial charge < -0.3 is 10.1 Å². The normalized spacial score (nSPS) is 14.6. The Morgan fingerprint density at radius 2 is 2.30 bits per heavy atom. The summed E-state index contributed by atoms with van der Waals surface area (Å²) in [5.74, 6) is 0.869. The van der Waals surface area contributed by atoms with Crippen LogP contribution in [0.3, 0.4) is 0 Å². The molecule has 0 bridgehead atoms. The number of carbonyl (C=O) groups excluding carboxylic acids is 1. The first-order valence-corrected chi connectivity index (χ1v) is 6.77. The van der Waals surface area contributed by atoms with Crippen LogP contribution in [0.2, 0.25) is 0 Å². The number of carbonyl (C=O) groups is 1. The Hall–Kier alpha value is -2.11. The molecule has 2 heterocycles. The van der Waals surface area contributed by atoms with Crippen molar-refractivity contribution in [3.8, 4) is 5.88 Å². The van der Waals surface area contributed by atoms with Gasteiger partial charge in [-0.15, -0.1) is 0 Å². The highest BCUT2D eigenvalue weighted by Crippen LogP contribution is 2.43. The van der Waals surface area contributed by atoms with Crippen molar-refractivity contribution < 1.29 is 9.53 Å². The maximum absolute atomic E-state index is 11.2. The summed E-state index contributed by atoms with van der Waals surface area (Å²) < 4.78 is 7.22. The Kier molecular flexibility index (Phi) is 3.08. The van der Waals surface area contributed by atoms with Crippen LogP contribution in [-0.4, -0.2) is 34.3 Å². The van der Waals surface area contributed by atoms with Crippen LogP contribution in [0.15, 0.2) is 6.07 Å². The standard InChI is InChI=1S/C14H18N4O2/c1-8-6-11(20-7-10(19)15-2)16-14-12(8)13(9-4-5-9)17-18(14)3/h6,9H,4-5,7H2,1-3H3,(H,15,19). The molecule has 1 fully saturated rings. The van der Waals surface area contributed by atoms with Gasteiger partial charge >= 0.3 is 0 Å². The number of likely N-dealkylation sites (N-methyl/N-ethyl adjacent to an activating group) is 1. The largest absolute Gasteiger partial charge is 0.468 e. The van der Waals surface area contributed by atoms with Crippen LogP contribution >= 0.6 is 0 Å². The zero-order valence-electron chi connectivity index (χ0n) is 11.9. The highest BCUT2D eigenvalue weighted by Gasteiger charge is 2.30. The molecule has 0 atom stereocenters. The molecule has 1 amide bonds. The first-order valence-electron chi connectivity index (χ1n) is 6.77. The van der Waals surface area contributed by atoms with Crippen molar-refractivity contribution in [2.45, 2.75) is 25.7 Å². The van der Waals surface area contributed by atoms with Gasteiger partial charge in [-0.1, -0.05) is 0 Å². The highest BCUT2D eigenvalue weighted by atomic mass is 16.5. The Morgan fingerprint density at radius 3 is 2.95 bits per heavy atom. The number of nitrogens with one attached hydrogen (secondary N) is 1. The van der Waals surface area contributed by atoms with E-state index in [0.717, 1.165) is 22.3 Å². The van der Waals surface area contributed by atoms with Crippen LogP contribution in [0, 0.1) is 6.92 Å². The van der Waals surface area contributed by atoms with Gasteiger partial charge in [0.2, 0.25) is 5.88 Å². The topological polar surface area (TPSA) is 69.0 Å². The van der Waals surface area contributed by atoms with Crippen LogP contribution < -0.4 is 10.1 Å². The SMILES string of the molecule is CNC(=O)COc1cc(C)c2c(C3CC3)nn(C)c2n1. The first kappa shape index (κ1) is 12.9. The molecule has 0 aliphatic heterocycles. The van der Waals surface area contributed by atoms with Crippen molar-refractivity contribution >= 4 is 16.9 Å². The molecule has 0 aromatic carbocycles. The van der Waals surface area contributed by atoms with Crippen LogP contribution in [-0.2, 0) is 11.8 Å². The molecule has 0 unspecified atom stereocenters. The van der Waals surface area contributed by atoms with Crippen LogP contribution in [0.4, 0.5) is 0 Å². The number of aromatic nitrogens is 3. The Bertz CT molecular complexity index is 673. The smallest absolute Gasteiger partial charge is 0.257 e. The van der Waals surface area contributed by atoms with Crippen LogP contribution in [0.25, 0.3) is 11.0 Å². The second kappa shape index (κ2) is 4.77. The minimum absolute atomic E-state index is 0.0260. The lowest BCUT2D eigenvalue weighted by Gasteiger charge is -2.06. The molecule has 106 valence electrons. The summed E-state index contributed by atoms with van der Waals surface area (Å²) in [4.78, 5) is 15.7. The van der Waals surface area contributed by atoms with E-state index in [9.17, 15) is 4.79 Å². The molecular weight excluding hydrogens is 256 g/mol. The number of hydrogen-bond acceptors (Lipinski definition) is 4. The fourth-order valence-corrected chi connectivity index (χ4v) is 2.36. The van der Waals surface area contributed by atoms with E-state index >= 15 is 0 Å². The minimum atomic E-state index is -0.173. The number of fused-ring (bicyclic) bond motifs is 1. The van der Waals surface area contributed by atoms with Gasteiger partial charge in [0.25, 0.3) is 5.91 Å². The molecular formula is C14H18N4O2. The van der Waals surface area contributed by atoms with Crippen molar-refractivity contribution in [2.75, 3.05) is 13.7 Å². The number of nitrogens with zero attached hydrogens (tertiary/aromatic N) is 3. The van der Waals surface area contributed by atoms with E-state index < -0.39 is 0 Å². The molecule has 0 radical (unpaired) electrons. The van der Waals surface area contributed by atoms with Crippen molar-refractivity contribution in [2.24, 2.45) is 7.05 Å². The average molecular weight is 274 g/mol. The van der Waals surface area contributed by atoms with Gasteiger partial charge in [-0.25, -0.2) is 0 Å². The van der Waals surface area contributed by atoms with Gasteiger partial charge in [0.15, 0.2) is 12.3 Å². The molecule has 2 aromatic heterocycles. The van der Waals surface area contributed by atoms with Gasteiger partial charge in [-0.05, 0) is 25.3 Å². The van der Waals surface area contributed by atoms with Crippen LogP contribution in [0.5, 0.6) is 5.88 Å². The third kappa shape index (κ3) is 2.21. The van der Waals surface area contributed by atoms with E-state index in [4.69, 9.17) is 4.74 Å². The molecule has 3 rings (SSSR count). The fourth-order valence-electron chi connectivity index (χ4n) is 2.36. The zero-order chi connectivity index (χ0) is 14.3. The number of hydrogen-bond donors (Lipinski definition) is 1. The Labute approximate surface area is 117 Å². The number of pyridine rings is 1. The second-order valence-corrected chi connectivity index (χ2v) is 5.22. The van der Waals surface area contributed by atoms with Gasteiger partial charge in [0, 0.05) is 31.5 Å². The molecule has 6 heteroatoms. The number of aryl methyl sites for hydroxylation is 2. The predicted molar refractivity (Wildman–Crippen MR) is 74.8 cm³/mol. The molecule has 0 saturated heterocycles. The summed E-state index contributed by atoms with van der Waals surface area (Å²) in [6.07, 6.45) is 2.42. The molecule has 1 aliphatic rings. The number of amides is 1. The van der Waals surface area contributed by atoms with Crippen molar-refractivity contribution in [3.63, 3.8) is 0 Å². The molecule has 0 spiro atoms. The molecule has 2 aromatic rings. The number of ether oxygens (including phenoxy) is 1. The third-order valence-corrected chi connectivity index (χ3v) is 3.59. The van der Waals surface area contributed by atoms with Crippen molar-refractivity contribution in [1.82, 2.24) is 20.1 Å². The van der Waals surface area contributed by atoms with Gasteiger partial charge in [-0.3, -0.25) is 9.48 Å². The predicted octanol–water partition coefficient (Wildman–Crippen LogP) is 1.28. The quantitative estimate of drug-likeness (QED) is 0.912. The maximum Gasteiger partial charge on any atom is 0.257 e. The van der Waals surface area contributed by atoms with Gasteiger partial charge in [0.1, 0.15) is 0 Å². The number of rotatable bonds is 4. The van der Waals surface area contributed by atoms with Crippen LogP contribution in [0.1, 0.15) is 30.0 Å². The molecule has 6 nitrogen and oxygen atoms in total. The summed E-state index contributed by atoms with van der Waals surface area (Å²) >= 11 is 0. The zero-order valence-corrected chi connectivity index (χ0v) is 11.9. The van der Waals surface area contributed by atoms with Crippen molar-refractivity contribution in [1.29, 1.82) is 0 Å². The van der Waals surface area contributed by atoms with E-state index in [0.29, 0.717) is 11.8 Å². The fraction of sp³-hybridized carbons (Fsp3) is 0.500. The summed E-state index contributed by atoms with van der Waals surface area (Å²) in [7, 11) is 3.47. The summed E-state index contributed by atoms with van der Waals surface area (Å²) in [5.41, 5.74) is 3.06. The minimum Gasteiger partial charge on any atom is -0.468 e. The molecule has 1 N–H and O–H groups in total. The van der Waals surface area contributed by atoms with Crippen molar-refractivity contribution in [3.05, 3.63) is 17.3 Å². The second-order valence-electron chi connectivity index (χ2n) is 5.22. The lowest BCUT2D eigenvalue weighted by atomic mass is 10.1. The molecule has 20 heavy (non-hydrogen) atoms. The molecule has 1 aliphatic carbocycles. The molecule has 1 saturated carbocycles. The van der Waals surface area contributed by atoms with E-state index in [-0.39, 0.29) is 12.5 Å². The average Bonchev–Trinajstić information content (AvgIpc) is 3.22. The summed E-state index contributed by atoms with van der Waals surface area (Å²) in [5, 5.41) is 8.23. The summed E-state index contributed by atoms with van der Waals surface area (Å²) in [6, 6.07) is 1.87. The lowest BCUT2D eigenvalue weighted by Crippen LogP contribution is -2.25. The van der Waals surface area contributed by atoms with E-state index in [1.54, 1.807) is 11.7 Å². The van der Waals surface area contributed by atoms with E-state index in [1.807, 2.05) is 20.0 Å². The maximum atomic E-state index is 11.2. The highest BCUT2D eigenvalue weighted by molar-refractivity contribution is 5.84. The first-order chi connectivity index (χ1) is 9.60. The van der Waals surface area contributed by atoms with E-state index in [2.05, 4.69) is 15.4 Å². The lowest BCUT2D eigenvalue weighted by molar-refractivity contribution is -0.122. The van der Waals surface area contributed by atoms with E-state index in [1.165, 1.54) is 12.8 Å². The monoisotopic (exact) mass is 274 g/mol. The third-order valence-electron chi connectivity index (χ3n) is 3.59.